The quantitative estimate of drug-likeness (QED) is 0.695. The van der Waals surface area contributed by atoms with Crippen molar-refractivity contribution in [2.45, 2.75) is 6.61 Å². The van der Waals surface area contributed by atoms with Crippen LogP contribution in [-0.4, -0.2) is 24.4 Å². The van der Waals surface area contributed by atoms with E-state index in [4.69, 9.17) is 18.7 Å². The van der Waals surface area contributed by atoms with Crippen molar-refractivity contribution in [2.24, 2.45) is 0 Å². The predicted molar refractivity (Wildman–Crippen MR) is 83.6 cm³/mol. The highest BCUT2D eigenvalue weighted by Gasteiger charge is 2.10. The van der Waals surface area contributed by atoms with Crippen LogP contribution in [0.1, 0.15) is 5.89 Å². The molecule has 1 aromatic heterocycles. The Labute approximate surface area is 133 Å². The Morgan fingerprint density at radius 2 is 1.57 bits per heavy atom. The summed E-state index contributed by atoms with van der Waals surface area (Å²) in [4.78, 5) is 4.32. The standard InChI is InChI=1S/C17H16N2O4/c1-20-13-8-14(21-2)10-15(9-13)22-11-16-18-17(19-23-16)12-6-4-3-5-7-12/h3-10H,11H2,1-2H3. The van der Waals surface area contributed by atoms with Crippen LogP contribution >= 0.6 is 0 Å². The number of rotatable bonds is 6. The summed E-state index contributed by atoms with van der Waals surface area (Å²) in [6.07, 6.45) is 0. The second-order valence-electron chi connectivity index (χ2n) is 4.71. The van der Waals surface area contributed by atoms with Crippen molar-refractivity contribution < 1.29 is 18.7 Å². The summed E-state index contributed by atoms with van der Waals surface area (Å²) in [5.74, 6) is 2.82. The zero-order valence-electron chi connectivity index (χ0n) is 12.9. The Balaban J connectivity index is 1.70. The fourth-order valence-corrected chi connectivity index (χ4v) is 2.03. The van der Waals surface area contributed by atoms with Gasteiger partial charge in [-0.25, -0.2) is 0 Å². The lowest BCUT2D eigenvalue weighted by Crippen LogP contribution is -1.97. The van der Waals surface area contributed by atoms with E-state index in [0.29, 0.717) is 29.0 Å². The van der Waals surface area contributed by atoms with Gasteiger partial charge < -0.3 is 18.7 Å². The fraction of sp³-hybridized carbons (Fsp3) is 0.176. The largest absolute Gasteiger partial charge is 0.496 e. The maximum Gasteiger partial charge on any atom is 0.264 e. The van der Waals surface area contributed by atoms with Crippen LogP contribution in [-0.2, 0) is 6.61 Å². The van der Waals surface area contributed by atoms with Crippen molar-refractivity contribution in [1.29, 1.82) is 0 Å². The predicted octanol–water partition coefficient (Wildman–Crippen LogP) is 3.33. The van der Waals surface area contributed by atoms with Crippen molar-refractivity contribution in [1.82, 2.24) is 10.1 Å². The van der Waals surface area contributed by atoms with Gasteiger partial charge in [-0.05, 0) is 0 Å². The molecule has 0 N–H and O–H groups in total. The molecule has 0 aliphatic carbocycles. The van der Waals surface area contributed by atoms with Gasteiger partial charge in [-0.3, -0.25) is 0 Å². The summed E-state index contributed by atoms with van der Waals surface area (Å²) in [6, 6.07) is 14.9. The lowest BCUT2D eigenvalue weighted by Gasteiger charge is -2.08. The third kappa shape index (κ3) is 3.60. The molecule has 0 radical (unpaired) electrons. The Morgan fingerprint density at radius 3 is 2.22 bits per heavy atom. The third-order valence-corrected chi connectivity index (χ3v) is 3.19. The van der Waals surface area contributed by atoms with Crippen molar-refractivity contribution in [3.05, 3.63) is 54.4 Å². The number of hydrogen-bond donors (Lipinski definition) is 0. The minimum Gasteiger partial charge on any atom is -0.496 e. The minimum absolute atomic E-state index is 0.163. The Kier molecular flexibility index (Phi) is 4.42. The van der Waals surface area contributed by atoms with Crippen molar-refractivity contribution in [2.75, 3.05) is 14.2 Å². The van der Waals surface area contributed by atoms with Crippen LogP contribution < -0.4 is 14.2 Å². The van der Waals surface area contributed by atoms with E-state index in [1.54, 1.807) is 32.4 Å². The molecule has 0 fully saturated rings. The number of methoxy groups -OCH3 is 2. The van der Waals surface area contributed by atoms with Gasteiger partial charge in [0.2, 0.25) is 5.82 Å². The maximum atomic E-state index is 5.67. The van der Waals surface area contributed by atoms with E-state index in [0.717, 1.165) is 5.56 Å². The molecule has 23 heavy (non-hydrogen) atoms. The first kappa shape index (κ1) is 14.9. The molecule has 1 heterocycles. The van der Waals surface area contributed by atoms with E-state index < -0.39 is 0 Å². The van der Waals surface area contributed by atoms with Gasteiger partial charge in [-0.15, -0.1) is 0 Å². The summed E-state index contributed by atoms with van der Waals surface area (Å²) in [5, 5.41) is 3.95. The van der Waals surface area contributed by atoms with Crippen LogP contribution in [0.5, 0.6) is 17.2 Å². The second kappa shape index (κ2) is 6.83. The lowest BCUT2D eigenvalue weighted by molar-refractivity contribution is 0.241. The number of aromatic nitrogens is 2. The molecule has 0 amide bonds. The Bertz CT molecular complexity index is 749. The van der Waals surface area contributed by atoms with Gasteiger partial charge in [0.05, 0.1) is 14.2 Å². The van der Waals surface area contributed by atoms with Crippen LogP contribution in [0, 0.1) is 0 Å². The van der Waals surface area contributed by atoms with E-state index >= 15 is 0 Å². The summed E-state index contributed by atoms with van der Waals surface area (Å²) < 4.78 is 21.3. The molecule has 6 heteroatoms. The molecule has 2 aromatic carbocycles. The average Bonchev–Trinajstić information content (AvgIpc) is 3.09. The monoisotopic (exact) mass is 312 g/mol. The maximum absolute atomic E-state index is 5.67. The first-order chi connectivity index (χ1) is 11.3. The van der Waals surface area contributed by atoms with Gasteiger partial charge in [-0.2, -0.15) is 4.98 Å². The highest BCUT2D eigenvalue weighted by atomic mass is 16.5. The zero-order chi connectivity index (χ0) is 16.1. The van der Waals surface area contributed by atoms with Crippen LogP contribution in [0.3, 0.4) is 0 Å². The minimum atomic E-state index is 0.163. The molecular weight excluding hydrogens is 296 g/mol. The third-order valence-electron chi connectivity index (χ3n) is 3.19. The number of hydrogen-bond acceptors (Lipinski definition) is 6. The van der Waals surface area contributed by atoms with Crippen molar-refractivity contribution in [3.8, 4) is 28.6 Å². The number of ether oxygens (including phenoxy) is 3. The van der Waals surface area contributed by atoms with Crippen molar-refractivity contribution >= 4 is 0 Å². The van der Waals surface area contributed by atoms with Crippen molar-refractivity contribution in [3.63, 3.8) is 0 Å². The van der Waals surface area contributed by atoms with Crippen LogP contribution in [0.15, 0.2) is 53.1 Å². The first-order valence-electron chi connectivity index (χ1n) is 7.02. The molecule has 0 bridgehead atoms. The number of benzene rings is 2. The molecular formula is C17H16N2O4. The SMILES string of the molecule is COc1cc(OC)cc(OCc2nc(-c3ccccc3)no2)c1. The lowest BCUT2D eigenvalue weighted by atomic mass is 10.2. The fourth-order valence-electron chi connectivity index (χ4n) is 2.03. The summed E-state index contributed by atoms with van der Waals surface area (Å²) in [6.45, 7) is 0.163. The second-order valence-corrected chi connectivity index (χ2v) is 4.71. The highest BCUT2D eigenvalue weighted by Crippen LogP contribution is 2.28. The van der Waals surface area contributed by atoms with Gasteiger partial charge >= 0.3 is 0 Å². The van der Waals surface area contributed by atoms with Gasteiger partial charge in [0, 0.05) is 23.8 Å². The van der Waals surface area contributed by atoms with Gasteiger partial charge in [0.15, 0.2) is 6.61 Å². The van der Waals surface area contributed by atoms with E-state index in [2.05, 4.69) is 10.1 Å². The zero-order valence-corrected chi connectivity index (χ0v) is 12.9. The molecule has 0 aliphatic rings. The Hall–Kier alpha value is -3.02. The average molecular weight is 312 g/mol. The normalized spacial score (nSPS) is 10.3. The summed E-state index contributed by atoms with van der Waals surface area (Å²) >= 11 is 0. The van der Waals surface area contributed by atoms with E-state index in [-0.39, 0.29) is 6.61 Å². The van der Waals surface area contributed by atoms with Gasteiger partial charge in [0.25, 0.3) is 5.89 Å². The van der Waals surface area contributed by atoms with E-state index in [9.17, 15) is 0 Å². The van der Waals surface area contributed by atoms with Crippen LogP contribution in [0.25, 0.3) is 11.4 Å². The molecule has 0 atom stereocenters. The van der Waals surface area contributed by atoms with E-state index in [1.807, 2.05) is 30.3 Å². The molecule has 0 spiro atoms. The first-order valence-corrected chi connectivity index (χ1v) is 7.02. The molecule has 0 saturated carbocycles. The van der Waals surface area contributed by atoms with Gasteiger partial charge in [0.1, 0.15) is 17.2 Å². The Morgan fingerprint density at radius 1 is 0.913 bits per heavy atom. The highest BCUT2D eigenvalue weighted by molar-refractivity contribution is 5.53. The molecule has 3 rings (SSSR count). The van der Waals surface area contributed by atoms with Crippen LogP contribution in [0.4, 0.5) is 0 Å². The molecule has 118 valence electrons. The molecule has 6 nitrogen and oxygen atoms in total. The summed E-state index contributed by atoms with van der Waals surface area (Å²) in [5.41, 5.74) is 0.894. The van der Waals surface area contributed by atoms with Gasteiger partial charge in [-0.1, -0.05) is 35.5 Å². The summed E-state index contributed by atoms with van der Waals surface area (Å²) in [7, 11) is 3.17. The molecule has 0 aliphatic heterocycles. The molecule has 0 unspecified atom stereocenters. The molecule has 0 saturated heterocycles. The van der Waals surface area contributed by atoms with E-state index in [1.165, 1.54) is 0 Å². The molecule has 3 aromatic rings. The smallest absolute Gasteiger partial charge is 0.264 e. The van der Waals surface area contributed by atoms with Crippen LogP contribution in [0.2, 0.25) is 0 Å². The topological polar surface area (TPSA) is 66.6 Å². The number of nitrogens with zero attached hydrogens (tertiary/aromatic N) is 2.